The van der Waals surface area contributed by atoms with Gasteiger partial charge in [-0.2, -0.15) is 0 Å². The lowest BCUT2D eigenvalue weighted by atomic mass is 9.97. The quantitative estimate of drug-likeness (QED) is 0.773. The number of primary sulfonamides is 1. The zero-order valence-electron chi connectivity index (χ0n) is 12.9. The van der Waals surface area contributed by atoms with Gasteiger partial charge < -0.3 is 5.32 Å². The van der Waals surface area contributed by atoms with E-state index in [1.807, 2.05) is 0 Å². The molecular formula is C15H25FN2O2S. The van der Waals surface area contributed by atoms with Crippen LogP contribution in [0, 0.1) is 11.7 Å². The minimum absolute atomic E-state index is 0.180. The van der Waals surface area contributed by atoms with E-state index in [-0.39, 0.29) is 10.9 Å². The predicted octanol–water partition coefficient (Wildman–Crippen LogP) is 2.43. The first-order chi connectivity index (χ1) is 9.74. The summed E-state index contributed by atoms with van der Waals surface area (Å²) in [6, 6.07) is 4.05. The molecule has 0 aliphatic rings. The normalized spacial score (nSPS) is 13.6. The van der Waals surface area contributed by atoms with Crippen molar-refractivity contribution < 1.29 is 12.8 Å². The zero-order chi connectivity index (χ0) is 16.0. The fourth-order valence-electron chi connectivity index (χ4n) is 2.29. The summed E-state index contributed by atoms with van der Waals surface area (Å²) >= 11 is 0. The molecule has 0 aliphatic carbocycles. The molecule has 0 heterocycles. The standard InChI is InChI=1S/C15H25FN2O2S/c1-4-7-18-13(8-11(2)3)9-12-5-6-14(10-15(12)16)21(17,19)20/h5-6,10-11,13,18H,4,7-9H2,1-3H3,(H2,17,19,20). The molecule has 120 valence electrons. The highest BCUT2D eigenvalue weighted by molar-refractivity contribution is 7.89. The van der Waals surface area contributed by atoms with E-state index in [0.717, 1.165) is 25.5 Å². The summed E-state index contributed by atoms with van der Waals surface area (Å²) in [5.41, 5.74) is 0.511. The van der Waals surface area contributed by atoms with Crippen molar-refractivity contribution in [3.8, 4) is 0 Å². The van der Waals surface area contributed by atoms with Crippen molar-refractivity contribution in [1.29, 1.82) is 0 Å². The van der Waals surface area contributed by atoms with Gasteiger partial charge in [0.25, 0.3) is 0 Å². The van der Waals surface area contributed by atoms with Gasteiger partial charge in [0, 0.05) is 6.04 Å². The molecule has 1 aromatic carbocycles. The minimum Gasteiger partial charge on any atom is -0.314 e. The van der Waals surface area contributed by atoms with Crippen molar-refractivity contribution in [2.24, 2.45) is 11.1 Å². The third-order valence-electron chi connectivity index (χ3n) is 3.26. The van der Waals surface area contributed by atoms with E-state index in [2.05, 4.69) is 26.1 Å². The van der Waals surface area contributed by atoms with Crippen LogP contribution < -0.4 is 10.5 Å². The fraction of sp³-hybridized carbons (Fsp3) is 0.600. The van der Waals surface area contributed by atoms with Crippen LogP contribution in [0.15, 0.2) is 23.1 Å². The first-order valence-corrected chi connectivity index (χ1v) is 8.83. The van der Waals surface area contributed by atoms with Gasteiger partial charge in [0.2, 0.25) is 10.0 Å². The van der Waals surface area contributed by atoms with Crippen LogP contribution >= 0.6 is 0 Å². The Kier molecular flexibility index (Phi) is 6.77. The van der Waals surface area contributed by atoms with Crippen LogP contribution in [0.1, 0.15) is 39.2 Å². The summed E-state index contributed by atoms with van der Waals surface area (Å²) < 4.78 is 36.5. The van der Waals surface area contributed by atoms with Crippen LogP contribution in [0.4, 0.5) is 4.39 Å². The highest BCUT2D eigenvalue weighted by atomic mass is 32.2. The number of hydrogen-bond donors (Lipinski definition) is 2. The second-order valence-electron chi connectivity index (χ2n) is 5.78. The maximum atomic E-state index is 14.1. The number of benzene rings is 1. The highest BCUT2D eigenvalue weighted by Gasteiger charge is 2.16. The molecule has 0 fully saturated rings. The SMILES string of the molecule is CCCNC(Cc1ccc(S(N)(=O)=O)cc1F)CC(C)C. The predicted molar refractivity (Wildman–Crippen MR) is 83.0 cm³/mol. The largest absolute Gasteiger partial charge is 0.314 e. The first-order valence-electron chi connectivity index (χ1n) is 7.28. The van der Waals surface area contributed by atoms with Crippen LogP contribution in [-0.2, 0) is 16.4 Å². The highest BCUT2D eigenvalue weighted by Crippen LogP contribution is 2.17. The first kappa shape index (κ1) is 18.1. The monoisotopic (exact) mass is 316 g/mol. The van der Waals surface area contributed by atoms with Gasteiger partial charge in [-0.15, -0.1) is 0 Å². The van der Waals surface area contributed by atoms with Crippen molar-refractivity contribution in [2.75, 3.05) is 6.54 Å². The van der Waals surface area contributed by atoms with Gasteiger partial charge in [-0.3, -0.25) is 0 Å². The molecule has 0 bridgehead atoms. The van der Waals surface area contributed by atoms with E-state index in [1.165, 1.54) is 12.1 Å². The zero-order valence-corrected chi connectivity index (χ0v) is 13.7. The van der Waals surface area contributed by atoms with E-state index in [4.69, 9.17) is 5.14 Å². The van der Waals surface area contributed by atoms with Crippen molar-refractivity contribution in [3.05, 3.63) is 29.6 Å². The number of nitrogens with one attached hydrogen (secondary N) is 1. The molecule has 0 amide bonds. The smallest absolute Gasteiger partial charge is 0.238 e. The average Bonchev–Trinajstić information content (AvgIpc) is 2.36. The molecule has 21 heavy (non-hydrogen) atoms. The van der Waals surface area contributed by atoms with E-state index in [9.17, 15) is 12.8 Å². The van der Waals surface area contributed by atoms with E-state index in [0.29, 0.717) is 17.9 Å². The Morgan fingerprint density at radius 1 is 1.33 bits per heavy atom. The van der Waals surface area contributed by atoms with E-state index >= 15 is 0 Å². The molecular weight excluding hydrogens is 291 g/mol. The molecule has 0 aliphatic heterocycles. The van der Waals surface area contributed by atoms with Crippen molar-refractivity contribution >= 4 is 10.0 Å². The summed E-state index contributed by atoms with van der Waals surface area (Å²) in [5.74, 6) is -0.0142. The second kappa shape index (κ2) is 7.87. The van der Waals surface area contributed by atoms with Gasteiger partial charge in [-0.25, -0.2) is 17.9 Å². The van der Waals surface area contributed by atoms with Crippen molar-refractivity contribution in [3.63, 3.8) is 0 Å². The van der Waals surface area contributed by atoms with Gasteiger partial charge in [0.05, 0.1) is 4.90 Å². The summed E-state index contributed by atoms with van der Waals surface area (Å²) in [7, 11) is -3.86. The molecule has 6 heteroatoms. The molecule has 0 saturated heterocycles. The number of nitrogens with two attached hydrogens (primary N) is 1. The van der Waals surface area contributed by atoms with E-state index in [1.54, 1.807) is 0 Å². The van der Waals surface area contributed by atoms with Crippen LogP contribution in [0.2, 0.25) is 0 Å². The Hall–Kier alpha value is -0.980. The summed E-state index contributed by atoms with van der Waals surface area (Å²) in [6.07, 6.45) is 2.49. The Balaban J connectivity index is 2.88. The van der Waals surface area contributed by atoms with Crippen molar-refractivity contribution in [2.45, 2.75) is 51.0 Å². The van der Waals surface area contributed by atoms with Gasteiger partial charge in [-0.05, 0) is 49.4 Å². The van der Waals surface area contributed by atoms with Gasteiger partial charge in [-0.1, -0.05) is 26.8 Å². The summed E-state index contributed by atoms with van der Waals surface area (Å²) in [5, 5.41) is 8.41. The van der Waals surface area contributed by atoms with Gasteiger partial charge in [0.15, 0.2) is 0 Å². The Labute approximate surface area is 127 Å². The lowest BCUT2D eigenvalue weighted by Crippen LogP contribution is -2.33. The number of rotatable bonds is 8. The van der Waals surface area contributed by atoms with Crippen LogP contribution in [-0.4, -0.2) is 21.0 Å². The molecule has 0 radical (unpaired) electrons. The maximum absolute atomic E-state index is 14.1. The van der Waals surface area contributed by atoms with Crippen molar-refractivity contribution in [1.82, 2.24) is 5.32 Å². The molecule has 3 N–H and O–H groups in total. The number of sulfonamides is 1. The second-order valence-corrected chi connectivity index (χ2v) is 7.34. The topological polar surface area (TPSA) is 72.2 Å². The van der Waals surface area contributed by atoms with Crippen LogP contribution in [0.3, 0.4) is 0 Å². The summed E-state index contributed by atoms with van der Waals surface area (Å²) in [6.45, 7) is 7.22. The Bertz CT molecular complexity index is 559. The Morgan fingerprint density at radius 3 is 2.48 bits per heavy atom. The van der Waals surface area contributed by atoms with Gasteiger partial charge >= 0.3 is 0 Å². The molecule has 0 spiro atoms. The minimum atomic E-state index is -3.86. The van der Waals surface area contributed by atoms with Crippen LogP contribution in [0.25, 0.3) is 0 Å². The third-order valence-corrected chi connectivity index (χ3v) is 4.17. The lowest BCUT2D eigenvalue weighted by molar-refractivity contribution is 0.411. The van der Waals surface area contributed by atoms with E-state index < -0.39 is 15.8 Å². The number of halogens is 1. The molecule has 1 atom stereocenters. The fourth-order valence-corrected chi connectivity index (χ4v) is 2.82. The maximum Gasteiger partial charge on any atom is 0.238 e. The molecule has 1 unspecified atom stereocenters. The average molecular weight is 316 g/mol. The van der Waals surface area contributed by atoms with Crippen LogP contribution in [0.5, 0.6) is 0 Å². The molecule has 1 rings (SSSR count). The third kappa shape index (κ3) is 6.11. The molecule has 4 nitrogen and oxygen atoms in total. The molecule has 0 aromatic heterocycles. The molecule has 0 saturated carbocycles. The Morgan fingerprint density at radius 2 is 2.00 bits per heavy atom. The molecule has 1 aromatic rings. The summed E-state index contributed by atoms with van der Waals surface area (Å²) in [4.78, 5) is -0.189. The van der Waals surface area contributed by atoms with Gasteiger partial charge in [0.1, 0.15) is 5.82 Å². The number of hydrogen-bond acceptors (Lipinski definition) is 3. The lowest BCUT2D eigenvalue weighted by Gasteiger charge is -2.21.